The fraction of sp³-hybridized carbons (Fsp3) is 0.385. The van der Waals surface area contributed by atoms with E-state index in [1.165, 1.54) is 0 Å². The van der Waals surface area contributed by atoms with Gasteiger partial charge in [-0.3, -0.25) is 4.79 Å². The molecule has 3 nitrogen and oxygen atoms in total. The van der Waals surface area contributed by atoms with Crippen molar-refractivity contribution < 1.29 is 49.0 Å². The molecule has 26 heavy (non-hydrogen) atoms. The van der Waals surface area contributed by atoms with Crippen LogP contribution >= 0.6 is 0 Å². The number of nitriles is 1. The number of carbonyl (C=O) groups excluding carboxylic acids is 1. The van der Waals surface area contributed by atoms with Crippen molar-refractivity contribution in [2.45, 2.75) is 25.2 Å². The van der Waals surface area contributed by atoms with Crippen molar-refractivity contribution in [1.29, 1.82) is 5.26 Å². The molecule has 1 unspecified atom stereocenters. The van der Waals surface area contributed by atoms with Gasteiger partial charge in [0.2, 0.25) is 0 Å². The van der Waals surface area contributed by atoms with Crippen LogP contribution in [0.5, 0.6) is 0 Å². The minimum atomic E-state index is -6.00. The molecular weight excluding hydrogens is 412 g/mol. The fourth-order valence-electron chi connectivity index (χ4n) is 1.94. The second-order valence-corrected chi connectivity index (χ2v) is 4.42. The molecule has 0 saturated carbocycles. The van der Waals surface area contributed by atoms with E-state index in [0.717, 1.165) is 13.0 Å². The van der Waals surface area contributed by atoms with E-state index in [-0.39, 0.29) is 51.4 Å². The zero-order valence-corrected chi connectivity index (χ0v) is 11.9. The summed E-state index contributed by atoms with van der Waals surface area (Å²) in [5.41, 5.74) is -8.24. The second-order valence-electron chi connectivity index (χ2n) is 4.42. The normalized spacial score (nSPS) is 12.8. The minimum absolute atomic E-state index is 0. The van der Waals surface area contributed by atoms with Gasteiger partial charge >= 0.3 is 69.7 Å². The van der Waals surface area contributed by atoms with Gasteiger partial charge in [0.15, 0.2) is 23.4 Å². The van der Waals surface area contributed by atoms with Crippen LogP contribution in [0.4, 0.5) is 39.5 Å². The summed E-state index contributed by atoms with van der Waals surface area (Å²) in [5.74, 6) is -13.6. The van der Waals surface area contributed by atoms with E-state index in [4.69, 9.17) is 5.26 Å². The molecule has 1 aromatic rings. The predicted octanol–water partition coefficient (Wildman–Crippen LogP) is 3.66. The third-order valence-corrected chi connectivity index (χ3v) is 2.86. The molecule has 0 bridgehead atoms. The van der Waals surface area contributed by atoms with Crippen LogP contribution in [-0.2, 0) is 21.9 Å². The molecule has 1 rings (SSSR count). The zero-order valence-electron chi connectivity index (χ0n) is 11.9. The molecule has 0 spiro atoms. The van der Waals surface area contributed by atoms with Gasteiger partial charge in [-0.1, -0.05) is 0 Å². The van der Waals surface area contributed by atoms with Crippen molar-refractivity contribution in [3.05, 3.63) is 34.1 Å². The number of hydrogen-bond acceptors (Lipinski definition) is 3. The number of halogens is 9. The van der Waals surface area contributed by atoms with Gasteiger partial charge in [-0.15, -0.1) is 0 Å². The van der Waals surface area contributed by atoms with Crippen LogP contribution < -0.4 is 0 Å². The topological polar surface area (TPSA) is 50.1 Å². The quantitative estimate of drug-likeness (QED) is 0.325. The summed E-state index contributed by atoms with van der Waals surface area (Å²) in [4.78, 5) is 11.5. The maximum atomic E-state index is 13.9. The van der Waals surface area contributed by atoms with Gasteiger partial charge in [-0.05, 0) is 6.92 Å². The number of benzene rings is 1. The second kappa shape index (κ2) is 8.92. The Morgan fingerprint density at radius 3 is 1.81 bits per heavy atom. The van der Waals surface area contributed by atoms with Crippen LogP contribution in [0.1, 0.15) is 29.5 Å². The third kappa shape index (κ3) is 4.92. The van der Waals surface area contributed by atoms with Crippen LogP contribution in [0.25, 0.3) is 0 Å². The molecule has 0 N–H and O–H groups in total. The molecule has 0 heterocycles. The van der Waals surface area contributed by atoms with E-state index < -0.39 is 65.0 Å². The van der Waals surface area contributed by atoms with Crippen molar-refractivity contribution >= 4 is 57.4 Å². The first-order chi connectivity index (χ1) is 11.3. The van der Waals surface area contributed by atoms with Crippen molar-refractivity contribution in [2.75, 3.05) is 6.61 Å². The van der Waals surface area contributed by atoms with E-state index in [1.807, 2.05) is 0 Å². The average molecular weight is 419 g/mol. The van der Waals surface area contributed by atoms with Crippen LogP contribution in [-0.4, -0.2) is 64.0 Å². The zero-order chi connectivity index (χ0) is 19.7. The molecule has 140 valence electrons. The van der Waals surface area contributed by atoms with E-state index >= 15 is 0 Å². The molecule has 0 aliphatic heterocycles. The molecule has 1 aromatic carbocycles. The van der Waals surface area contributed by atoms with Gasteiger partial charge in [0.1, 0.15) is 11.1 Å². The number of esters is 1. The summed E-state index contributed by atoms with van der Waals surface area (Å²) in [6.07, 6.45) is -12.0. The van der Waals surface area contributed by atoms with E-state index in [2.05, 4.69) is 4.74 Å². The van der Waals surface area contributed by atoms with Gasteiger partial charge in [-0.25, -0.2) is 13.2 Å². The van der Waals surface area contributed by atoms with Crippen LogP contribution in [0.2, 0.25) is 0 Å². The Morgan fingerprint density at radius 2 is 1.46 bits per heavy atom. The summed E-state index contributed by atoms with van der Waals surface area (Å²) in [6.45, 7) is 0.660. The van der Waals surface area contributed by atoms with Crippen molar-refractivity contribution in [3.63, 3.8) is 0 Å². The SMILES string of the molecule is CCOC(=O)C(C#N)c1c(F)c(F)c(C(F)(F)F)c(F)c1C(F)(F)F.[KH]. The fourth-order valence-corrected chi connectivity index (χ4v) is 1.94. The standard InChI is InChI=1S/C13H6F9NO2.K.H/c1-2-25-11(24)4(3-23)5-6(12(17,18)19)9(15)7(13(20,21)22)10(16)8(5)14;;/h4H,2H2,1H3;;. The first-order valence-electron chi connectivity index (χ1n) is 6.19. The molecule has 0 saturated heterocycles. The molecule has 1 atom stereocenters. The van der Waals surface area contributed by atoms with Gasteiger partial charge in [0.25, 0.3) is 0 Å². The van der Waals surface area contributed by atoms with E-state index in [0.29, 0.717) is 0 Å². The maximum absolute atomic E-state index is 13.9. The van der Waals surface area contributed by atoms with Crippen LogP contribution in [0, 0.1) is 28.8 Å². The molecule has 0 amide bonds. The van der Waals surface area contributed by atoms with Crippen molar-refractivity contribution in [1.82, 2.24) is 0 Å². The Labute approximate surface area is 182 Å². The number of alkyl halides is 6. The Kier molecular flexibility index (Phi) is 8.64. The number of hydrogen-bond donors (Lipinski definition) is 0. The van der Waals surface area contributed by atoms with Crippen molar-refractivity contribution in [2.24, 2.45) is 0 Å². The summed E-state index contributed by atoms with van der Waals surface area (Å²) in [6, 6.07) is 0.840. The van der Waals surface area contributed by atoms with Crippen LogP contribution in [0.15, 0.2) is 0 Å². The first-order valence-corrected chi connectivity index (χ1v) is 6.19. The summed E-state index contributed by atoms with van der Waals surface area (Å²) < 4.78 is 122. The molecule has 0 radical (unpaired) electrons. The predicted molar refractivity (Wildman–Crippen MR) is 68.5 cm³/mol. The average Bonchev–Trinajstić information content (AvgIpc) is 2.42. The molecule has 0 aromatic heterocycles. The van der Waals surface area contributed by atoms with E-state index in [1.54, 1.807) is 0 Å². The number of ether oxygens (including phenoxy) is 1. The monoisotopic (exact) mass is 419 g/mol. The Morgan fingerprint density at radius 1 is 1.00 bits per heavy atom. The van der Waals surface area contributed by atoms with Gasteiger partial charge < -0.3 is 4.74 Å². The number of rotatable bonds is 3. The molecule has 0 fully saturated rings. The first kappa shape index (κ1) is 25.2. The molecule has 0 aliphatic rings. The van der Waals surface area contributed by atoms with Gasteiger partial charge in [-0.2, -0.15) is 31.6 Å². The van der Waals surface area contributed by atoms with Gasteiger partial charge in [0, 0.05) is 5.56 Å². The number of carbonyl (C=O) groups is 1. The third-order valence-electron chi connectivity index (χ3n) is 2.86. The summed E-state index contributed by atoms with van der Waals surface area (Å²) in [7, 11) is 0. The molecular formula is C13H7F9KNO2. The molecule has 0 aliphatic carbocycles. The summed E-state index contributed by atoms with van der Waals surface area (Å²) >= 11 is 0. The van der Waals surface area contributed by atoms with Crippen molar-refractivity contribution in [3.8, 4) is 6.07 Å². The number of nitrogens with zero attached hydrogens (tertiary/aromatic N) is 1. The summed E-state index contributed by atoms with van der Waals surface area (Å²) in [5, 5.41) is 8.75. The van der Waals surface area contributed by atoms with Crippen LogP contribution in [0.3, 0.4) is 0 Å². The van der Waals surface area contributed by atoms with Gasteiger partial charge in [0.05, 0.1) is 12.7 Å². The van der Waals surface area contributed by atoms with E-state index in [9.17, 15) is 44.3 Å². The Bertz CT molecular complexity index is 737. The Hall–Kier alpha value is -0.814. The Balaban J connectivity index is 0.00000625. The molecule has 13 heteroatoms.